The molecule has 6 heteroatoms. The zero-order valence-corrected chi connectivity index (χ0v) is 16.2. The highest BCUT2D eigenvalue weighted by Crippen LogP contribution is 2.20. The molecule has 2 heterocycles. The van der Waals surface area contributed by atoms with Gasteiger partial charge < -0.3 is 10.2 Å². The fourth-order valence-corrected chi connectivity index (χ4v) is 3.66. The van der Waals surface area contributed by atoms with E-state index >= 15 is 0 Å². The smallest absolute Gasteiger partial charge is 0.255 e. The number of likely N-dealkylation sites (tertiary alicyclic amines) is 1. The molecule has 3 rings (SSSR count). The lowest BCUT2D eigenvalue weighted by atomic mass is 9.95. The topological polar surface area (TPSA) is 62.3 Å². The molecule has 1 fully saturated rings. The number of hydrogen-bond donors (Lipinski definition) is 1. The third kappa shape index (κ3) is 5.30. The average Bonchev–Trinajstić information content (AvgIpc) is 2.68. The van der Waals surface area contributed by atoms with Crippen LogP contribution in [0.25, 0.3) is 0 Å². The molecule has 0 saturated carbocycles. The van der Waals surface area contributed by atoms with E-state index in [1.54, 1.807) is 29.4 Å². The van der Waals surface area contributed by atoms with Crippen molar-refractivity contribution in [2.45, 2.75) is 32.2 Å². The highest BCUT2D eigenvalue weighted by atomic mass is 35.5. The van der Waals surface area contributed by atoms with Crippen molar-refractivity contribution in [2.24, 2.45) is 5.92 Å². The fraction of sp³-hybridized carbons (Fsp3) is 0.381. The van der Waals surface area contributed by atoms with Crippen LogP contribution in [0.3, 0.4) is 0 Å². The van der Waals surface area contributed by atoms with Crippen molar-refractivity contribution in [3.05, 3.63) is 64.9 Å². The lowest BCUT2D eigenvalue weighted by Gasteiger charge is -2.32. The van der Waals surface area contributed by atoms with Gasteiger partial charge in [-0.2, -0.15) is 0 Å². The first-order chi connectivity index (χ1) is 13.0. The quantitative estimate of drug-likeness (QED) is 0.858. The summed E-state index contributed by atoms with van der Waals surface area (Å²) in [6.45, 7) is 3.18. The molecule has 1 saturated heterocycles. The Labute approximate surface area is 164 Å². The molecule has 1 atom stereocenters. The molecule has 0 radical (unpaired) electrons. The van der Waals surface area contributed by atoms with Crippen LogP contribution in [-0.2, 0) is 11.2 Å². The second-order valence-electron chi connectivity index (χ2n) is 7.05. The summed E-state index contributed by atoms with van der Waals surface area (Å²) in [4.78, 5) is 30.8. The van der Waals surface area contributed by atoms with Gasteiger partial charge in [-0.05, 0) is 56.0 Å². The normalized spacial score (nSPS) is 16.0. The maximum absolute atomic E-state index is 12.6. The van der Waals surface area contributed by atoms with Crippen molar-refractivity contribution < 1.29 is 9.59 Å². The summed E-state index contributed by atoms with van der Waals surface area (Å²) in [5, 5.41) is 3.80. The Kier molecular flexibility index (Phi) is 6.45. The summed E-state index contributed by atoms with van der Waals surface area (Å²) in [6.07, 6.45) is 5.34. The molecule has 1 aromatic heterocycles. The molecule has 2 aromatic rings. The zero-order valence-electron chi connectivity index (χ0n) is 15.4. The number of carbonyl (C=O) groups excluding carboxylic acids is 2. The van der Waals surface area contributed by atoms with Crippen LogP contribution in [0.5, 0.6) is 0 Å². The molecule has 0 bridgehead atoms. The second kappa shape index (κ2) is 9.00. The first-order valence-corrected chi connectivity index (χ1v) is 9.65. The van der Waals surface area contributed by atoms with Crippen LogP contribution in [0.1, 0.15) is 35.7 Å². The van der Waals surface area contributed by atoms with Crippen LogP contribution in [0, 0.1) is 5.92 Å². The Morgan fingerprint density at radius 1 is 1.26 bits per heavy atom. The van der Waals surface area contributed by atoms with Gasteiger partial charge in [-0.15, -0.1) is 0 Å². The average molecular weight is 386 g/mol. The summed E-state index contributed by atoms with van der Waals surface area (Å²) in [6, 6.07) is 11.3. The maximum Gasteiger partial charge on any atom is 0.255 e. The van der Waals surface area contributed by atoms with Crippen LogP contribution >= 0.6 is 11.6 Å². The minimum atomic E-state index is -0.0511. The Morgan fingerprint density at radius 3 is 2.70 bits per heavy atom. The predicted molar refractivity (Wildman–Crippen MR) is 106 cm³/mol. The number of piperidine rings is 1. The van der Waals surface area contributed by atoms with E-state index in [-0.39, 0.29) is 23.8 Å². The highest BCUT2D eigenvalue weighted by Gasteiger charge is 2.28. The van der Waals surface area contributed by atoms with Gasteiger partial charge in [-0.3, -0.25) is 14.6 Å². The number of aromatic nitrogens is 1. The molecule has 1 aromatic carbocycles. The van der Waals surface area contributed by atoms with E-state index in [0.717, 1.165) is 12.0 Å². The number of carbonyl (C=O) groups is 2. The first kappa shape index (κ1) is 19.4. The van der Waals surface area contributed by atoms with E-state index in [1.807, 2.05) is 31.2 Å². The fourth-order valence-electron chi connectivity index (χ4n) is 3.45. The van der Waals surface area contributed by atoms with E-state index in [0.29, 0.717) is 36.5 Å². The number of nitrogens with one attached hydrogen (secondary N) is 1. The molecule has 0 spiro atoms. The minimum Gasteiger partial charge on any atom is -0.353 e. The third-order valence-corrected chi connectivity index (χ3v) is 5.12. The first-order valence-electron chi connectivity index (χ1n) is 9.27. The number of nitrogens with zero attached hydrogens (tertiary/aromatic N) is 2. The second-order valence-corrected chi connectivity index (χ2v) is 7.49. The molecule has 2 amide bonds. The van der Waals surface area contributed by atoms with Gasteiger partial charge in [0.15, 0.2) is 0 Å². The Bertz CT molecular complexity index is 789. The lowest BCUT2D eigenvalue weighted by molar-refractivity contribution is -0.126. The Hall–Kier alpha value is -2.40. The number of benzene rings is 1. The summed E-state index contributed by atoms with van der Waals surface area (Å²) in [5.41, 5.74) is 1.70. The van der Waals surface area contributed by atoms with E-state index in [2.05, 4.69) is 10.3 Å². The van der Waals surface area contributed by atoms with Crippen LogP contribution < -0.4 is 5.32 Å². The van der Waals surface area contributed by atoms with E-state index in [9.17, 15) is 9.59 Å². The minimum absolute atomic E-state index is 0.0173. The van der Waals surface area contributed by atoms with Gasteiger partial charge in [-0.25, -0.2) is 0 Å². The molecule has 1 aliphatic heterocycles. The molecular weight excluding hydrogens is 362 g/mol. The van der Waals surface area contributed by atoms with Crippen LogP contribution in [0.2, 0.25) is 5.02 Å². The molecular formula is C21H24ClN3O2. The number of halogens is 1. The molecule has 27 heavy (non-hydrogen) atoms. The van der Waals surface area contributed by atoms with E-state index in [1.165, 1.54) is 0 Å². The largest absolute Gasteiger partial charge is 0.353 e. The van der Waals surface area contributed by atoms with Gasteiger partial charge in [0.2, 0.25) is 5.91 Å². The van der Waals surface area contributed by atoms with Crippen molar-refractivity contribution in [3.8, 4) is 0 Å². The highest BCUT2D eigenvalue weighted by molar-refractivity contribution is 6.30. The summed E-state index contributed by atoms with van der Waals surface area (Å²) in [7, 11) is 0. The van der Waals surface area contributed by atoms with E-state index < -0.39 is 0 Å². The zero-order chi connectivity index (χ0) is 19.2. The number of rotatable bonds is 5. The summed E-state index contributed by atoms with van der Waals surface area (Å²) in [5.74, 6) is -0.000882. The van der Waals surface area contributed by atoms with Crippen molar-refractivity contribution >= 4 is 23.4 Å². The standard InChI is InChI=1S/C21H24ClN3O2/c1-15(12-16-4-2-6-19(22)13-16)24-20(26)17-7-10-25(11-8-17)21(27)18-5-3-9-23-14-18/h2-6,9,13-15,17H,7-8,10-12H2,1H3,(H,24,26)/t15-/m1/s1. The maximum atomic E-state index is 12.6. The predicted octanol–water partition coefficient (Wildman–Crippen LogP) is 3.33. The molecule has 5 nitrogen and oxygen atoms in total. The van der Waals surface area contributed by atoms with Crippen molar-refractivity contribution in [2.75, 3.05) is 13.1 Å². The molecule has 1 aliphatic rings. The summed E-state index contributed by atoms with van der Waals surface area (Å²) >= 11 is 6.02. The van der Waals surface area contributed by atoms with Gasteiger partial charge in [0, 0.05) is 42.5 Å². The van der Waals surface area contributed by atoms with Gasteiger partial charge in [0.1, 0.15) is 0 Å². The van der Waals surface area contributed by atoms with Crippen LogP contribution in [-0.4, -0.2) is 40.8 Å². The van der Waals surface area contributed by atoms with Crippen LogP contribution in [0.4, 0.5) is 0 Å². The SMILES string of the molecule is C[C@H](Cc1cccc(Cl)c1)NC(=O)C1CCN(C(=O)c2cccnc2)CC1. The monoisotopic (exact) mass is 385 g/mol. The molecule has 142 valence electrons. The molecule has 0 aliphatic carbocycles. The van der Waals surface area contributed by atoms with Crippen molar-refractivity contribution in [1.29, 1.82) is 0 Å². The van der Waals surface area contributed by atoms with Gasteiger partial charge in [0.25, 0.3) is 5.91 Å². The number of amides is 2. The van der Waals surface area contributed by atoms with Gasteiger partial charge in [-0.1, -0.05) is 23.7 Å². The molecule has 1 N–H and O–H groups in total. The Balaban J connectivity index is 1.47. The van der Waals surface area contributed by atoms with Crippen molar-refractivity contribution in [1.82, 2.24) is 15.2 Å². The van der Waals surface area contributed by atoms with Crippen molar-refractivity contribution in [3.63, 3.8) is 0 Å². The van der Waals surface area contributed by atoms with Crippen LogP contribution in [0.15, 0.2) is 48.8 Å². The molecule has 0 unspecified atom stereocenters. The number of pyridine rings is 1. The Morgan fingerprint density at radius 2 is 2.04 bits per heavy atom. The van der Waals surface area contributed by atoms with Gasteiger partial charge >= 0.3 is 0 Å². The van der Waals surface area contributed by atoms with Gasteiger partial charge in [0.05, 0.1) is 5.56 Å². The lowest BCUT2D eigenvalue weighted by Crippen LogP contribution is -2.45. The summed E-state index contributed by atoms with van der Waals surface area (Å²) < 4.78 is 0. The number of hydrogen-bond acceptors (Lipinski definition) is 3. The van der Waals surface area contributed by atoms with E-state index in [4.69, 9.17) is 11.6 Å². The third-order valence-electron chi connectivity index (χ3n) is 4.88.